The summed E-state index contributed by atoms with van der Waals surface area (Å²) in [5.41, 5.74) is 0. The van der Waals surface area contributed by atoms with Gasteiger partial charge in [0.2, 0.25) is 5.91 Å². The minimum absolute atomic E-state index is 0.00220. The Balaban J connectivity index is 3.39. The monoisotopic (exact) mass is 1120 g/mol. The van der Waals surface area contributed by atoms with Gasteiger partial charge in [-0.25, -0.2) is 0 Å². The summed E-state index contributed by atoms with van der Waals surface area (Å²) in [6.07, 6.45) is 89.1. The number of rotatable bonds is 68. The molecular formula is C74H141NO5. The second kappa shape index (κ2) is 69.6. The van der Waals surface area contributed by atoms with Crippen molar-refractivity contribution in [1.82, 2.24) is 5.32 Å². The Morgan fingerprint density at radius 3 is 0.975 bits per heavy atom. The van der Waals surface area contributed by atoms with E-state index in [2.05, 4.69) is 55.6 Å². The highest BCUT2D eigenvalue weighted by molar-refractivity contribution is 5.76. The molecule has 472 valence electrons. The van der Waals surface area contributed by atoms with Gasteiger partial charge < -0.3 is 20.3 Å². The number of carbonyl (C=O) groups is 2. The highest BCUT2D eigenvalue weighted by atomic mass is 16.5. The van der Waals surface area contributed by atoms with Crippen molar-refractivity contribution in [1.29, 1.82) is 0 Å². The first-order valence-electron chi connectivity index (χ1n) is 36.2. The zero-order valence-corrected chi connectivity index (χ0v) is 54.1. The van der Waals surface area contributed by atoms with Crippen LogP contribution in [0.3, 0.4) is 0 Å². The summed E-state index contributed by atoms with van der Waals surface area (Å²) in [5, 5.41) is 23.4. The van der Waals surface area contributed by atoms with Crippen LogP contribution in [-0.4, -0.2) is 47.4 Å². The fourth-order valence-corrected chi connectivity index (χ4v) is 11.4. The molecule has 80 heavy (non-hydrogen) atoms. The van der Waals surface area contributed by atoms with Gasteiger partial charge in [-0.3, -0.25) is 9.59 Å². The van der Waals surface area contributed by atoms with Gasteiger partial charge in [0.25, 0.3) is 0 Å². The summed E-state index contributed by atoms with van der Waals surface area (Å²) in [5.74, 6) is -0.0298. The molecule has 0 rings (SSSR count). The van der Waals surface area contributed by atoms with Crippen LogP contribution in [0.25, 0.3) is 0 Å². The summed E-state index contributed by atoms with van der Waals surface area (Å²) in [6.45, 7) is 4.96. The summed E-state index contributed by atoms with van der Waals surface area (Å²) in [7, 11) is 0. The van der Waals surface area contributed by atoms with Crippen molar-refractivity contribution in [3.05, 3.63) is 36.5 Å². The van der Waals surface area contributed by atoms with E-state index >= 15 is 0 Å². The molecule has 0 saturated heterocycles. The average Bonchev–Trinajstić information content (AvgIpc) is 3.46. The van der Waals surface area contributed by atoms with Crippen LogP contribution in [0.1, 0.15) is 399 Å². The van der Waals surface area contributed by atoms with Crippen molar-refractivity contribution < 1.29 is 24.5 Å². The lowest BCUT2D eigenvalue weighted by Gasteiger charge is -2.22. The van der Waals surface area contributed by atoms with E-state index < -0.39 is 12.1 Å². The number of hydrogen-bond acceptors (Lipinski definition) is 5. The largest absolute Gasteiger partial charge is 0.466 e. The van der Waals surface area contributed by atoms with E-state index in [1.807, 2.05) is 0 Å². The molecule has 0 aromatic rings. The summed E-state index contributed by atoms with van der Waals surface area (Å²) < 4.78 is 5.49. The predicted octanol–water partition coefficient (Wildman–Crippen LogP) is 23.5. The van der Waals surface area contributed by atoms with Crippen LogP contribution in [0.5, 0.6) is 0 Å². The van der Waals surface area contributed by atoms with Crippen molar-refractivity contribution in [2.45, 2.75) is 411 Å². The third kappa shape index (κ3) is 65.2. The summed E-state index contributed by atoms with van der Waals surface area (Å²) >= 11 is 0. The van der Waals surface area contributed by atoms with Crippen LogP contribution < -0.4 is 5.32 Å². The van der Waals surface area contributed by atoms with Crippen molar-refractivity contribution >= 4 is 11.9 Å². The first-order chi connectivity index (χ1) is 39.5. The maximum atomic E-state index is 12.5. The fourth-order valence-electron chi connectivity index (χ4n) is 11.4. The Bertz CT molecular complexity index is 1300. The molecule has 0 aromatic heterocycles. The van der Waals surface area contributed by atoms with Crippen LogP contribution in [0.4, 0.5) is 0 Å². The van der Waals surface area contributed by atoms with Crippen molar-refractivity contribution in [2.24, 2.45) is 0 Å². The number of ether oxygens (including phenoxy) is 1. The van der Waals surface area contributed by atoms with E-state index in [1.54, 1.807) is 0 Å². The number of esters is 1. The molecule has 0 aliphatic rings. The molecule has 2 atom stereocenters. The number of amides is 1. The van der Waals surface area contributed by atoms with Gasteiger partial charge in [0.15, 0.2) is 0 Å². The SMILES string of the molecule is CCCCCC/C=C\C/C=C\CCCCCCCC(=O)OCCCCCCCCCCCCCC/C=C\CCCCCCCCCCCCCC(=O)NC(CO)C(O)CCCCCCCCCCCCCCCCCCCCCC. The van der Waals surface area contributed by atoms with Crippen LogP contribution in [0.2, 0.25) is 0 Å². The van der Waals surface area contributed by atoms with Crippen molar-refractivity contribution in [2.75, 3.05) is 13.2 Å². The number of nitrogens with one attached hydrogen (secondary N) is 1. The van der Waals surface area contributed by atoms with E-state index in [-0.39, 0.29) is 18.5 Å². The Morgan fingerprint density at radius 2 is 0.625 bits per heavy atom. The smallest absolute Gasteiger partial charge is 0.305 e. The Labute approximate surface area is 500 Å². The van der Waals surface area contributed by atoms with Gasteiger partial charge in [0.05, 0.1) is 25.4 Å². The summed E-state index contributed by atoms with van der Waals surface area (Å²) in [4.78, 5) is 24.6. The molecule has 0 aliphatic carbocycles. The molecule has 0 radical (unpaired) electrons. The highest BCUT2D eigenvalue weighted by Crippen LogP contribution is 2.19. The van der Waals surface area contributed by atoms with E-state index in [4.69, 9.17) is 4.74 Å². The molecule has 0 aliphatic heterocycles. The fraction of sp³-hybridized carbons (Fsp3) is 0.892. The molecule has 0 fully saturated rings. The normalized spacial score (nSPS) is 12.7. The number of allylic oxidation sites excluding steroid dienone is 6. The zero-order chi connectivity index (χ0) is 57.8. The lowest BCUT2D eigenvalue weighted by Crippen LogP contribution is -2.45. The molecule has 1 amide bonds. The lowest BCUT2D eigenvalue weighted by atomic mass is 10.0. The minimum Gasteiger partial charge on any atom is -0.466 e. The quantitative estimate of drug-likeness (QED) is 0.0320. The van der Waals surface area contributed by atoms with Crippen LogP contribution in [0, 0.1) is 0 Å². The maximum absolute atomic E-state index is 12.5. The number of carbonyl (C=O) groups excluding carboxylic acids is 2. The van der Waals surface area contributed by atoms with E-state index in [0.717, 1.165) is 51.4 Å². The molecule has 0 spiro atoms. The van der Waals surface area contributed by atoms with Crippen LogP contribution >= 0.6 is 0 Å². The first-order valence-corrected chi connectivity index (χ1v) is 36.2. The molecule has 0 heterocycles. The topological polar surface area (TPSA) is 95.9 Å². The third-order valence-corrected chi connectivity index (χ3v) is 16.9. The molecule has 0 saturated carbocycles. The molecular weight excluding hydrogens is 983 g/mol. The minimum atomic E-state index is -0.666. The zero-order valence-electron chi connectivity index (χ0n) is 54.1. The molecule has 0 bridgehead atoms. The average molecular weight is 1120 g/mol. The first kappa shape index (κ1) is 78.1. The molecule has 3 N–H and O–H groups in total. The van der Waals surface area contributed by atoms with Crippen LogP contribution in [0.15, 0.2) is 36.5 Å². The lowest BCUT2D eigenvalue weighted by molar-refractivity contribution is -0.143. The van der Waals surface area contributed by atoms with E-state index in [9.17, 15) is 19.8 Å². The maximum Gasteiger partial charge on any atom is 0.305 e. The second-order valence-corrected chi connectivity index (χ2v) is 24.9. The number of hydrogen-bond donors (Lipinski definition) is 3. The van der Waals surface area contributed by atoms with E-state index in [1.165, 1.54) is 315 Å². The van der Waals surface area contributed by atoms with Gasteiger partial charge in [-0.1, -0.05) is 339 Å². The Morgan fingerprint density at radius 1 is 0.350 bits per heavy atom. The molecule has 2 unspecified atom stereocenters. The van der Waals surface area contributed by atoms with Gasteiger partial charge in [0, 0.05) is 12.8 Å². The number of unbranched alkanes of at least 4 members (excludes halogenated alkanes) is 51. The predicted molar refractivity (Wildman–Crippen MR) is 352 cm³/mol. The molecule has 0 aromatic carbocycles. The van der Waals surface area contributed by atoms with Gasteiger partial charge in [-0.05, 0) is 83.5 Å². The van der Waals surface area contributed by atoms with E-state index in [0.29, 0.717) is 25.9 Å². The molecule has 6 nitrogen and oxygen atoms in total. The van der Waals surface area contributed by atoms with Gasteiger partial charge in [0.1, 0.15) is 0 Å². The third-order valence-electron chi connectivity index (χ3n) is 16.9. The summed E-state index contributed by atoms with van der Waals surface area (Å²) in [6, 6.07) is -0.543. The van der Waals surface area contributed by atoms with Crippen molar-refractivity contribution in [3.63, 3.8) is 0 Å². The van der Waals surface area contributed by atoms with Gasteiger partial charge >= 0.3 is 5.97 Å². The number of aliphatic hydroxyl groups excluding tert-OH is 2. The number of aliphatic hydroxyl groups is 2. The van der Waals surface area contributed by atoms with Crippen LogP contribution in [-0.2, 0) is 14.3 Å². The highest BCUT2D eigenvalue weighted by Gasteiger charge is 2.20. The Hall–Kier alpha value is -1.92. The standard InChI is InChI=1S/C74H141NO5/c1-3-5-7-9-11-13-15-17-19-21-22-32-35-38-42-46-50-54-58-62-66-72(77)71(70-76)75-73(78)67-63-59-55-51-47-43-39-36-33-30-28-26-24-23-25-27-29-31-34-37-41-45-49-53-57-61-65-69-80-74(79)68-64-60-56-52-48-44-40-20-18-16-14-12-10-8-6-4-2/h14,16,20,23-24,40,71-72,76-77H,3-13,15,17-19,21-22,25-39,41-70H2,1-2H3,(H,75,78)/b16-14-,24-23-,40-20-. The van der Waals surface area contributed by atoms with Crippen molar-refractivity contribution in [3.8, 4) is 0 Å². The second-order valence-electron chi connectivity index (χ2n) is 24.9. The Kier molecular flexibility index (Phi) is 67.9. The van der Waals surface area contributed by atoms with Gasteiger partial charge in [-0.2, -0.15) is 0 Å². The van der Waals surface area contributed by atoms with Gasteiger partial charge in [-0.15, -0.1) is 0 Å². The molecule has 6 heteroatoms.